The van der Waals surface area contributed by atoms with Gasteiger partial charge in [-0.1, -0.05) is 19.1 Å². The number of hydrogen-bond donors (Lipinski definition) is 1. The first-order valence-electron chi connectivity index (χ1n) is 6.87. The van der Waals surface area contributed by atoms with Gasteiger partial charge in [0.1, 0.15) is 5.37 Å². The monoisotopic (exact) mass is 314 g/mol. The van der Waals surface area contributed by atoms with E-state index >= 15 is 0 Å². The summed E-state index contributed by atoms with van der Waals surface area (Å²) in [6, 6.07) is 7.92. The van der Waals surface area contributed by atoms with E-state index in [0.29, 0.717) is 5.75 Å². The molecular weight excluding hydrogens is 292 g/mol. The predicted octanol–water partition coefficient (Wildman–Crippen LogP) is 2.02. The van der Waals surface area contributed by atoms with Crippen molar-refractivity contribution in [3.63, 3.8) is 0 Å². The molecule has 1 heterocycles. The van der Waals surface area contributed by atoms with Crippen LogP contribution in [0.1, 0.15) is 25.5 Å². The minimum atomic E-state index is -3.06. The Bertz CT molecular complexity index is 541. The van der Waals surface area contributed by atoms with Gasteiger partial charge >= 0.3 is 0 Å². The second kappa shape index (κ2) is 6.37. The van der Waals surface area contributed by atoms with Crippen molar-refractivity contribution in [2.24, 2.45) is 5.73 Å². The van der Waals surface area contributed by atoms with Crippen LogP contribution in [0.2, 0.25) is 0 Å². The van der Waals surface area contributed by atoms with Gasteiger partial charge in [0.25, 0.3) is 0 Å². The van der Waals surface area contributed by atoms with Gasteiger partial charge in [-0.3, -0.25) is 0 Å². The Kier molecular flexibility index (Phi) is 4.99. The Morgan fingerprint density at radius 2 is 2.05 bits per heavy atom. The molecule has 112 valence electrons. The van der Waals surface area contributed by atoms with E-state index in [1.54, 1.807) is 18.7 Å². The molecule has 20 heavy (non-hydrogen) atoms. The number of hydrogen-bond acceptors (Lipinski definition) is 5. The Labute approximate surface area is 125 Å². The molecule has 1 aromatic carbocycles. The highest BCUT2D eigenvalue weighted by molar-refractivity contribution is 8.01. The fraction of sp³-hybridized carbons (Fsp3) is 0.571. The van der Waals surface area contributed by atoms with E-state index in [1.807, 2.05) is 36.1 Å². The highest BCUT2D eigenvalue weighted by atomic mass is 32.2. The second-order valence-corrected chi connectivity index (χ2v) is 8.65. The maximum absolute atomic E-state index is 12.2. The minimum Gasteiger partial charge on any atom is -0.353 e. The second-order valence-electron chi connectivity index (χ2n) is 5.05. The smallest absolute Gasteiger partial charge is 0.171 e. The zero-order valence-corrected chi connectivity index (χ0v) is 13.6. The standard InChI is InChI=1S/C14H22N2O2S2/c1-3-20(17,18)14-10-19-9-8-16(14)13-6-4-12(5-7-13)11(2)15/h4-7,11,14H,3,8-10,15H2,1-2H3. The lowest BCUT2D eigenvalue weighted by atomic mass is 10.1. The van der Waals surface area contributed by atoms with Crippen molar-refractivity contribution in [3.8, 4) is 0 Å². The lowest BCUT2D eigenvalue weighted by Gasteiger charge is -2.36. The lowest BCUT2D eigenvalue weighted by Crippen LogP contribution is -2.48. The summed E-state index contributed by atoms with van der Waals surface area (Å²) in [5, 5.41) is -0.410. The molecule has 2 rings (SSSR count). The molecular formula is C14H22N2O2S2. The summed E-state index contributed by atoms with van der Waals surface area (Å²) in [5.74, 6) is 1.79. The van der Waals surface area contributed by atoms with Gasteiger partial charge in [-0.15, -0.1) is 0 Å². The Hall–Kier alpha value is -0.720. The highest BCUT2D eigenvalue weighted by Crippen LogP contribution is 2.28. The molecule has 1 fully saturated rings. The molecule has 2 atom stereocenters. The van der Waals surface area contributed by atoms with Crippen LogP contribution in [0.25, 0.3) is 0 Å². The van der Waals surface area contributed by atoms with Crippen molar-refractivity contribution in [1.82, 2.24) is 0 Å². The zero-order valence-electron chi connectivity index (χ0n) is 12.0. The summed E-state index contributed by atoms with van der Waals surface area (Å²) >= 11 is 1.71. The topological polar surface area (TPSA) is 63.4 Å². The third-order valence-electron chi connectivity index (χ3n) is 3.65. The van der Waals surface area contributed by atoms with Crippen molar-refractivity contribution in [2.75, 3.05) is 28.7 Å². The largest absolute Gasteiger partial charge is 0.353 e. The third kappa shape index (κ3) is 3.30. The van der Waals surface area contributed by atoms with Crippen LogP contribution in [-0.4, -0.2) is 37.6 Å². The molecule has 0 spiro atoms. The molecule has 0 amide bonds. The quantitative estimate of drug-likeness (QED) is 0.921. The summed E-state index contributed by atoms with van der Waals surface area (Å²) in [6.45, 7) is 4.43. The average Bonchev–Trinajstić information content (AvgIpc) is 2.47. The summed E-state index contributed by atoms with van der Waals surface area (Å²) in [7, 11) is -3.06. The molecule has 0 radical (unpaired) electrons. The van der Waals surface area contributed by atoms with E-state index in [0.717, 1.165) is 23.5 Å². The fourth-order valence-corrected chi connectivity index (χ4v) is 5.33. The summed E-state index contributed by atoms with van der Waals surface area (Å²) in [5.41, 5.74) is 7.88. The minimum absolute atomic E-state index is 0.00358. The van der Waals surface area contributed by atoms with Crippen molar-refractivity contribution in [3.05, 3.63) is 29.8 Å². The maximum Gasteiger partial charge on any atom is 0.171 e. The summed E-state index contributed by atoms with van der Waals surface area (Å²) < 4.78 is 24.5. The fourth-order valence-electron chi connectivity index (χ4n) is 2.34. The summed E-state index contributed by atoms with van der Waals surface area (Å²) in [6.07, 6.45) is 0. The third-order valence-corrected chi connectivity index (χ3v) is 6.94. The van der Waals surface area contributed by atoms with Gasteiger partial charge in [0.15, 0.2) is 9.84 Å². The van der Waals surface area contributed by atoms with Crippen LogP contribution < -0.4 is 10.6 Å². The molecule has 1 aliphatic heterocycles. The van der Waals surface area contributed by atoms with Crippen molar-refractivity contribution in [2.45, 2.75) is 25.3 Å². The first-order valence-corrected chi connectivity index (χ1v) is 9.74. The number of benzene rings is 1. The molecule has 1 aromatic rings. The molecule has 1 saturated heterocycles. The van der Waals surface area contributed by atoms with E-state index in [2.05, 4.69) is 0 Å². The first kappa shape index (κ1) is 15.7. The number of sulfone groups is 1. The van der Waals surface area contributed by atoms with Gasteiger partial charge in [-0.05, 0) is 24.6 Å². The molecule has 4 nitrogen and oxygen atoms in total. The van der Waals surface area contributed by atoms with E-state index in [9.17, 15) is 8.42 Å². The van der Waals surface area contributed by atoms with Crippen LogP contribution >= 0.6 is 11.8 Å². The van der Waals surface area contributed by atoms with Gasteiger partial charge < -0.3 is 10.6 Å². The molecule has 0 bridgehead atoms. The SMILES string of the molecule is CCS(=O)(=O)C1CSCCN1c1ccc(C(C)N)cc1. The van der Waals surface area contributed by atoms with Gasteiger partial charge in [-0.25, -0.2) is 8.42 Å². The molecule has 0 aromatic heterocycles. The maximum atomic E-state index is 12.2. The van der Waals surface area contributed by atoms with Crippen LogP contribution in [0.5, 0.6) is 0 Å². The number of thioether (sulfide) groups is 1. The van der Waals surface area contributed by atoms with E-state index in [-0.39, 0.29) is 11.8 Å². The Morgan fingerprint density at radius 3 is 2.60 bits per heavy atom. The molecule has 6 heteroatoms. The molecule has 2 unspecified atom stereocenters. The molecule has 0 saturated carbocycles. The molecule has 1 aliphatic rings. The number of nitrogens with two attached hydrogens (primary N) is 1. The lowest BCUT2D eigenvalue weighted by molar-refractivity contribution is 0.579. The molecule has 2 N–H and O–H groups in total. The van der Waals surface area contributed by atoms with Crippen LogP contribution in [0.15, 0.2) is 24.3 Å². The zero-order chi connectivity index (χ0) is 14.8. The van der Waals surface area contributed by atoms with E-state index < -0.39 is 15.2 Å². The van der Waals surface area contributed by atoms with Crippen LogP contribution in [0, 0.1) is 0 Å². The van der Waals surface area contributed by atoms with Gasteiger partial charge in [-0.2, -0.15) is 11.8 Å². The average molecular weight is 314 g/mol. The van der Waals surface area contributed by atoms with Crippen molar-refractivity contribution >= 4 is 27.3 Å². The Morgan fingerprint density at radius 1 is 1.40 bits per heavy atom. The molecule has 0 aliphatic carbocycles. The van der Waals surface area contributed by atoms with Crippen molar-refractivity contribution in [1.29, 1.82) is 0 Å². The normalized spacial score (nSPS) is 21.8. The number of nitrogens with zero attached hydrogens (tertiary/aromatic N) is 1. The number of anilines is 1. The predicted molar refractivity (Wildman–Crippen MR) is 87.0 cm³/mol. The Balaban J connectivity index is 2.28. The highest BCUT2D eigenvalue weighted by Gasteiger charge is 2.32. The van der Waals surface area contributed by atoms with Crippen LogP contribution in [0.4, 0.5) is 5.69 Å². The van der Waals surface area contributed by atoms with E-state index in [4.69, 9.17) is 5.73 Å². The van der Waals surface area contributed by atoms with Gasteiger partial charge in [0.2, 0.25) is 0 Å². The summed E-state index contributed by atoms with van der Waals surface area (Å²) in [4.78, 5) is 2.01. The van der Waals surface area contributed by atoms with Gasteiger partial charge in [0, 0.05) is 35.5 Å². The van der Waals surface area contributed by atoms with Crippen LogP contribution in [0.3, 0.4) is 0 Å². The van der Waals surface area contributed by atoms with E-state index in [1.165, 1.54) is 0 Å². The van der Waals surface area contributed by atoms with Crippen LogP contribution in [-0.2, 0) is 9.84 Å². The van der Waals surface area contributed by atoms with Gasteiger partial charge in [0.05, 0.1) is 0 Å². The van der Waals surface area contributed by atoms with Crippen molar-refractivity contribution < 1.29 is 8.42 Å². The number of rotatable bonds is 4. The first-order chi connectivity index (χ1) is 9.45.